The van der Waals surface area contributed by atoms with Crippen molar-refractivity contribution in [2.45, 2.75) is 24.7 Å². The number of nitrogens with one attached hydrogen (secondary N) is 1. The van der Waals surface area contributed by atoms with Crippen molar-refractivity contribution >= 4 is 10.0 Å². The zero-order valence-electron chi connectivity index (χ0n) is 12.5. The lowest BCUT2D eigenvalue weighted by atomic mass is 10.0. The highest BCUT2D eigenvalue weighted by Gasteiger charge is 2.35. The number of nitrogens with zero attached hydrogens (tertiary/aromatic N) is 1. The molecule has 0 aliphatic carbocycles. The van der Waals surface area contributed by atoms with Gasteiger partial charge in [0.05, 0.1) is 17.9 Å². The van der Waals surface area contributed by atoms with Crippen molar-refractivity contribution in [3.8, 4) is 0 Å². The maximum Gasteiger partial charge on any atom is 0.416 e. The van der Waals surface area contributed by atoms with Gasteiger partial charge < -0.3 is 5.11 Å². The summed E-state index contributed by atoms with van der Waals surface area (Å²) in [5, 5.41) is 9.82. The van der Waals surface area contributed by atoms with Crippen LogP contribution in [0.2, 0.25) is 0 Å². The standard InChI is InChI=1S/C14H19F3N2O3S/c1-23(21,22)18-5-6-19-9-12(20)8-13(19)10-3-2-4-11(7-10)14(15,16)17/h2-4,7,12-13,18,20H,5-6,8-9H2,1H3. The Bertz CT molecular complexity index is 649. The van der Waals surface area contributed by atoms with Crippen molar-refractivity contribution in [2.24, 2.45) is 0 Å². The molecule has 0 spiro atoms. The Hall–Kier alpha value is -1.16. The number of aliphatic hydroxyl groups is 1. The molecule has 0 saturated carbocycles. The maximum atomic E-state index is 12.8. The topological polar surface area (TPSA) is 69.6 Å². The van der Waals surface area contributed by atoms with Gasteiger partial charge in [-0.15, -0.1) is 0 Å². The normalized spacial score (nSPS) is 23.3. The highest BCUT2D eigenvalue weighted by atomic mass is 32.2. The molecule has 1 aromatic carbocycles. The van der Waals surface area contributed by atoms with E-state index in [0.29, 0.717) is 25.1 Å². The SMILES string of the molecule is CS(=O)(=O)NCCN1CC(O)CC1c1cccc(C(F)(F)F)c1. The fourth-order valence-corrected chi connectivity index (χ4v) is 3.23. The molecular formula is C14H19F3N2O3S. The van der Waals surface area contributed by atoms with Crippen LogP contribution in [0, 0.1) is 0 Å². The van der Waals surface area contributed by atoms with E-state index in [9.17, 15) is 26.7 Å². The van der Waals surface area contributed by atoms with E-state index in [0.717, 1.165) is 18.4 Å². The molecule has 2 N–H and O–H groups in total. The van der Waals surface area contributed by atoms with Gasteiger partial charge in [0.15, 0.2) is 0 Å². The van der Waals surface area contributed by atoms with Crippen molar-refractivity contribution in [3.05, 3.63) is 35.4 Å². The van der Waals surface area contributed by atoms with Gasteiger partial charge in [-0.1, -0.05) is 12.1 Å². The van der Waals surface area contributed by atoms with Gasteiger partial charge in [-0.05, 0) is 24.1 Å². The predicted octanol–water partition coefficient (Wildman–Crippen LogP) is 1.36. The molecule has 1 aliphatic rings. The Morgan fingerprint density at radius 3 is 2.70 bits per heavy atom. The Balaban J connectivity index is 2.13. The molecule has 1 aliphatic heterocycles. The van der Waals surface area contributed by atoms with Gasteiger partial charge in [-0.3, -0.25) is 4.90 Å². The van der Waals surface area contributed by atoms with E-state index >= 15 is 0 Å². The van der Waals surface area contributed by atoms with Crippen molar-refractivity contribution < 1.29 is 26.7 Å². The number of halogens is 3. The average Bonchev–Trinajstić information content (AvgIpc) is 2.78. The Kier molecular flexibility index (Phi) is 5.34. The first-order valence-electron chi connectivity index (χ1n) is 7.10. The van der Waals surface area contributed by atoms with Gasteiger partial charge in [-0.25, -0.2) is 13.1 Å². The highest BCUT2D eigenvalue weighted by Crippen LogP contribution is 2.35. The lowest BCUT2D eigenvalue weighted by Crippen LogP contribution is -2.35. The number of β-amino-alcohol motifs (C(OH)–C–C–N with tert-alkyl or cyclic N) is 1. The van der Waals surface area contributed by atoms with Crippen LogP contribution in [-0.4, -0.2) is 50.4 Å². The van der Waals surface area contributed by atoms with Crippen LogP contribution in [0.3, 0.4) is 0 Å². The second-order valence-corrected chi connectivity index (χ2v) is 7.52. The van der Waals surface area contributed by atoms with Gasteiger partial charge >= 0.3 is 6.18 Å². The van der Waals surface area contributed by atoms with Crippen LogP contribution < -0.4 is 4.72 Å². The van der Waals surface area contributed by atoms with Crippen LogP contribution in [-0.2, 0) is 16.2 Å². The van der Waals surface area contributed by atoms with Gasteiger partial charge in [0.1, 0.15) is 0 Å². The van der Waals surface area contributed by atoms with E-state index in [-0.39, 0.29) is 12.6 Å². The molecule has 130 valence electrons. The van der Waals surface area contributed by atoms with Gasteiger partial charge in [0.25, 0.3) is 0 Å². The van der Waals surface area contributed by atoms with E-state index in [4.69, 9.17) is 0 Å². The first kappa shape index (κ1) is 18.2. The van der Waals surface area contributed by atoms with Crippen LogP contribution in [0.25, 0.3) is 0 Å². The molecular weight excluding hydrogens is 333 g/mol. The van der Waals surface area contributed by atoms with Gasteiger partial charge in [0, 0.05) is 25.7 Å². The Morgan fingerprint density at radius 2 is 2.09 bits per heavy atom. The molecule has 1 fully saturated rings. The van der Waals surface area contributed by atoms with E-state index in [1.54, 1.807) is 11.0 Å². The molecule has 0 bridgehead atoms. The van der Waals surface area contributed by atoms with Crippen molar-refractivity contribution in [1.29, 1.82) is 0 Å². The molecule has 5 nitrogen and oxygen atoms in total. The third-order valence-corrected chi connectivity index (χ3v) is 4.47. The lowest BCUT2D eigenvalue weighted by molar-refractivity contribution is -0.137. The predicted molar refractivity (Wildman–Crippen MR) is 79.2 cm³/mol. The number of hydrogen-bond acceptors (Lipinski definition) is 4. The van der Waals surface area contributed by atoms with Gasteiger partial charge in [-0.2, -0.15) is 13.2 Å². The minimum atomic E-state index is -4.42. The average molecular weight is 352 g/mol. The van der Waals surface area contributed by atoms with Crippen molar-refractivity contribution in [2.75, 3.05) is 25.9 Å². The summed E-state index contributed by atoms with van der Waals surface area (Å²) in [5.74, 6) is 0. The zero-order chi connectivity index (χ0) is 17.3. The van der Waals surface area contributed by atoms with E-state index in [1.807, 2.05) is 0 Å². The molecule has 0 amide bonds. The smallest absolute Gasteiger partial charge is 0.392 e. The van der Waals surface area contributed by atoms with Crippen LogP contribution >= 0.6 is 0 Å². The minimum Gasteiger partial charge on any atom is -0.392 e. The minimum absolute atomic E-state index is 0.140. The Labute approximate surface area is 133 Å². The second-order valence-electron chi connectivity index (χ2n) is 5.69. The van der Waals surface area contributed by atoms with Crippen LogP contribution in [0.5, 0.6) is 0 Å². The summed E-state index contributed by atoms with van der Waals surface area (Å²) in [4.78, 5) is 1.79. The van der Waals surface area contributed by atoms with Crippen LogP contribution in [0.4, 0.5) is 13.2 Å². The van der Waals surface area contributed by atoms with E-state index in [1.165, 1.54) is 6.07 Å². The highest BCUT2D eigenvalue weighted by molar-refractivity contribution is 7.88. The number of sulfonamides is 1. The summed E-state index contributed by atoms with van der Waals surface area (Å²) in [7, 11) is -3.33. The maximum absolute atomic E-state index is 12.8. The first-order valence-corrected chi connectivity index (χ1v) is 8.99. The molecule has 9 heteroatoms. The summed E-state index contributed by atoms with van der Waals surface area (Å²) in [6.07, 6.45) is -3.71. The fraction of sp³-hybridized carbons (Fsp3) is 0.571. The van der Waals surface area contributed by atoms with Crippen LogP contribution in [0.15, 0.2) is 24.3 Å². The molecule has 2 unspecified atom stereocenters. The van der Waals surface area contributed by atoms with E-state index in [2.05, 4.69) is 4.72 Å². The molecule has 1 aromatic rings. The number of alkyl halides is 3. The number of likely N-dealkylation sites (tertiary alicyclic amines) is 1. The summed E-state index contributed by atoms with van der Waals surface area (Å²) < 4.78 is 63.0. The van der Waals surface area contributed by atoms with Gasteiger partial charge in [0.2, 0.25) is 10.0 Å². The molecule has 0 aromatic heterocycles. The molecule has 2 atom stereocenters. The molecule has 1 saturated heterocycles. The molecule has 2 rings (SSSR count). The monoisotopic (exact) mass is 352 g/mol. The third-order valence-electron chi connectivity index (χ3n) is 3.74. The number of hydrogen-bond donors (Lipinski definition) is 2. The number of aliphatic hydroxyl groups excluding tert-OH is 1. The second kappa shape index (κ2) is 6.76. The quantitative estimate of drug-likeness (QED) is 0.840. The molecule has 0 radical (unpaired) electrons. The first-order chi connectivity index (χ1) is 10.6. The van der Waals surface area contributed by atoms with Crippen molar-refractivity contribution in [3.63, 3.8) is 0 Å². The van der Waals surface area contributed by atoms with Crippen molar-refractivity contribution in [1.82, 2.24) is 9.62 Å². The molecule has 23 heavy (non-hydrogen) atoms. The number of benzene rings is 1. The lowest BCUT2D eigenvalue weighted by Gasteiger charge is -2.25. The summed E-state index contributed by atoms with van der Waals surface area (Å²) >= 11 is 0. The largest absolute Gasteiger partial charge is 0.416 e. The van der Waals surface area contributed by atoms with Crippen LogP contribution in [0.1, 0.15) is 23.6 Å². The van der Waals surface area contributed by atoms with E-state index < -0.39 is 27.9 Å². The summed E-state index contributed by atoms with van der Waals surface area (Å²) in [6.45, 7) is 0.748. The fourth-order valence-electron chi connectivity index (χ4n) is 2.77. The summed E-state index contributed by atoms with van der Waals surface area (Å²) in [6, 6.07) is 4.66. The summed E-state index contributed by atoms with van der Waals surface area (Å²) in [5.41, 5.74) is -0.263. The zero-order valence-corrected chi connectivity index (χ0v) is 13.4. The number of rotatable bonds is 5. The third kappa shape index (κ3) is 5.17. The Morgan fingerprint density at radius 1 is 1.39 bits per heavy atom. The molecule has 1 heterocycles.